The van der Waals surface area contributed by atoms with Gasteiger partial charge in [-0.05, 0) is 69.1 Å². The molecule has 2 aromatic heterocycles. The number of benzene rings is 4. The van der Waals surface area contributed by atoms with Gasteiger partial charge in [-0.25, -0.2) is 0 Å². The average Bonchev–Trinajstić information content (AvgIpc) is 2.92. The predicted molar refractivity (Wildman–Crippen MR) is 148 cm³/mol. The van der Waals surface area contributed by atoms with Crippen LogP contribution in [-0.4, -0.2) is 9.13 Å². The van der Waals surface area contributed by atoms with Crippen LogP contribution in [-0.2, 0) is 0 Å². The molecule has 0 aliphatic rings. The van der Waals surface area contributed by atoms with Crippen molar-refractivity contribution in [2.75, 3.05) is 0 Å². The highest BCUT2D eigenvalue weighted by atomic mass is 16.1. The van der Waals surface area contributed by atoms with Crippen molar-refractivity contribution in [3.05, 3.63) is 153 Å². The van der Waals surface area contributed by atoms with Gasteiger partial charge >= 0.3 is 0 Å². The standard InChI is InChI=1S/C32H22N2O2/c35-31-11-15-33(16-12-31)29-9-7-25-19-23(3-5-27(25)21-29)1-2-24-4-6-28-22-30(10-8-26(28)20-24)34-17-13-32(36)14-18-34/h1-22H. The summed E-state index contributed by atoms with van der Waals surface area (Å²) in [5, 5.41) is 4.62. The first kappa shape index (κ1) is 21.6. The maximum absolute atomic E-state index is 11.4. The lowest BCUT2D eigenvalue weighted by atomic mass is 10.0. The van der Waals surface area contributed by atoms with Crippen LogP contribution in [0.5, 0.6) is 0 Å². The summed E-state index contributed by atoms with van der Waals surface area (Å²) in [6.45, 7) is 0. The molecular weight excluding hydrogens is 444 g/mol. The van der Waals surface area contributed by atoms with Crippen LogP contribution in [0.3, 0.4) is 0 Å². The Kier molecular flexibility index (Phi) is 5.39. The summed E-state index contributed by atoms with van der Waals surface area (Å²) < 4.78 is 3.89. The maximum atomic E-state index is 11.4. The minimum atomic E-state index is 0.00525. The predicted octanol–water partition coefficient (Wildman–Crippen LogP) is 6.47. The summed E-state index contributed by atoms with van der Waals surface area (Å²) in [6, 6.07) is 31.7. The minimum Gasteiger partial charge on any atom is -0.324 e. The van der Waals surface area contributed by atoms with Crippen LogP contribution in [0.1, 0.15) is 11.1 Å². The number of fused-ring (bicyclic) bond motifs is 2. The molecule has 0 aliphatic heterocycles. The third-order valence-corrected chi connectivity index (χ3v) is 6.36. The zero-order chi connectivity index (χ0) is 24.5. The van der Waals surface area contributed by atoms with Gasteiger partial charge in [0.15, 0.2) is 10.9 Å². The summed E-state index contributed by atoms with van der Waals surface area (Å²) in [7, 11) is 0. The lowest BCUT2D eigenvalue weighted by molar-refractivity contribution is 1.04. The third-order valence-electron chi connectivity index (χ3n) is 6.36. The van der Waals surface area contributed by atoms with E-state index in [1.54, 1.807) is 49.1 Å². The van der Waals surface area contributed by atoms with Crippen molar-refractivity contribution in [1.29, 1.82) is 0 Å². The van der Waals surface area contributed by atoms with Gasteiger partial charge in [0, 0.05) is 60.4 Å². The number of rotatable bonds is 4. The number of nitrogens with zero attached hydrogens (tertiary/aromatic N) is 2. The molecule has 0 amide bonds. The topological polar surface area (TPSA) is 44.0 Å². The van der Waals surface area contributed by atoms with Gasteiger partial charge in [-0.3, -0.25) is 9.59 Å². The van der Waals surface area contributed by atoms with E-state index in [0.29, 0.717) is 0 Å². The van der Waals surface area contributed by atoms with Gasteiger partial charge in [-0.15, -0.1) is 0 Å². The molecule has 0 atom stereocenters. The summed E-state index contributed by atoms with van der Waals surface area (Å²) in [4.78, 5) is 22.8. The quantitative estimate of drug-likeness (QED) is 0.280. The largest absolute Gasteiger partial charge is 0.324 e. The van der Waals surface area contributed by atoms with Crippen molar-refractivity contribution in [3.8, 4) is 11.4 Å². The fourth-order valence-corrected chi connectivity index (χ4v) is 4.39. The Morgan fingerprint density at radius 1 is 0.417 bits per heavy atom. The van der Waals surface area contributed by atoms with Crippen molar-refractivity contribution in [1.82, 2.24) is 9.13 Å². The fourth-order valence-electron chi connectivity index (χ4n) is 4.39. The number of pyridine rings is 2. The first-order valence-electron chi connectivity index (χ1n) is 11.7. The van der Waals surface area contributed by atoms with E-state index in [1.165, 1.54) is 0 Å². The van der Waals surface area contributed by atoms with Gasteiger partial charge in [-0.1, -0.05) is 48.6 Å². The summed E-state index contributed by atoms with van der Waals surface area (Å²) in [5.74, 6) is 0. The van der Waals surface area contributed by atoms with E-state index in [9.17, 15) is 9.59 Å². The van der Waals surface area contributed by atoms with E-state index in [2.05, 4.69) is 84.9 Å². The molecular formula is C32H22N2O2. The zero-order valence-corrected chi connectivity index (χ0v) is 19.4. The second-order valence-electron chi connectivity index (χ2n) is 8.80. The van der Waals surface area contributed by atoms with Crippen molar-refractivity contribution in [3.63, 3.8) is 0 Å². The van der Waals surface area contributed by atoms with Gasteiger partial charge in [0.1, 0.15) is 0 Å². The normalized spacial score (nSPS) is 11.4. The highest BCUT2D eigenvalue weighted by Crippen LogP contribution is 2.23. The van der Waals surface area contributed by atoms with Crippen LogP contribution in [0.2, 0.25) is 0 Å². The van der Waals surface area contributed by atoms with Gasteiger partial charge in [-0.2, -0.15) is 0 Å². The molecule has 172 valence electrons. The van der Waals surface area contributed by atoms with Crippen LogP contribution < -0.4 is 10.9 Å². The van der Waals surface area contributed by atoms with Gasteiger partial charge in [0.2, 0.25) is 0 Å². The lowest BCUT2D eigenvalue weighted by Gasteiger charge is -2.08. The molecule has 0 saturated carbocycles. The van der Waals surface area contributed by atoms with E-state index in [-0.39, 0.29) is 10.9 Å². The zero-order valence-electron chi connectivity index (χ0n) is 19.4. The highest BCUT2D eigenvalue weighted by Gasteiger charge is 2.01. The van der Waals surface area contributed by atoms with Gasteiger partial charge in [0.25, 0.3) is 0 Å². The van der Waals surface area contributed by atoms with Gasteiger partial charge in [0.05, 0.1) is 0 Å². The summed E-state index contributed by atoms with van der Waals surface area (Å²) in [5.41, 5.74) is 4.31. The molecule has 36 heavy (non-hydrogen) atoms. The fraction of sp³-hybridized carbons (Fsp3) is 0. The van der Waals surface area contributed by atoms with Crippen molar-refractivity contribution >= 4 is 33.7 Å². The van der Waals surface area contributed by atoms with Crippen LogP contribution >= 0.6 is 0 Å². The van der Waals surface area contributed by atoms with E-state index in [4.69, 9.17) is 0 Å². The molecule has 0 bridgehead atoms. The number of aromatic nitrogens is 2. The molecule has 6 rings (SSSR count). The monoisotopic (exact) mass is 466 g/mol. The second-order valence-corrected chi connectivity index (χ2v) is 8.80. The Labute approximate surface area is 207 Å². The van der Waals surface area contributed by atoms with E-state index >= 15 is 0 Å². The van der Waals surface area contributed by atoms with E-state index in [0.717, 1.165) is 44.0 Å². The van der Waals surface area contributed by atoms with Gasteiger partial charge < -0.3 is 9.13 Å². The maximum Gasteiger partial charge on any atom is 0.181 e. The van der Waals surface area contributed by atoms with Crippen molar-refractivity contribution in [2.45, 2.75) is 0 Å². The van der Waals surface area contributed by atoms with E-state index < -0.39 is 0 Å². The molecule has 6 aromatic rings. The van der Waals surface area contributed by atoms with Crippen molar-refractivity contribution < 1.29 is 0 Å². The Hall–Kier alpha value is -4.96. The first-order valence-corrected chi connectivity index (χ1v) is 11.7. The first-order chi connectivity index (χ1) is 17.6. The molecule has 0 aliphatic carbocycles. The molecule has 2 heterocycles. The number of hydrogen-bond donors (Lipinski definition) is 0. The SMILES string of the molecule is O=c1ccn(-c2ccc3cc(C=Cc4ccc5cc(-n6ccc(=O)cc6)ccc5c4)ccc3c2)cc1. The Balaban J connectivity index is 1.24. The van der Waals surface area contributed by atoms with Crippen LogP contribution in [0, 0.1) is 0 Å². The molecule has 0 radical (unpaired) electrons. The Morgan fingerprint density at radius 2 is 0.778 bits per heavy atom. The summed E-state index contributed by atoms with van der Waals surface area (Å²) >= 11 is 0. The molecule has 4 aromatic carbocycles. The van der Waals surface area contributed by atoms with Crippen LogP contribution in [0.4, 0.5) is 0 Å². The molecule has 4 nitrogen and oxygen atoms in total. The summed E-state index contributed by atoms with van der Waals surface area (Å²) in [6.07, 6.45) is 11.4. The second kappa shape index (κ2) is 9.01. The molecule has 0 fully saturated rings. The third kappa shape index (κ3) is 4.40. The smallest absolute Gasteiger partial charge is 0.181 e. The molecule has 0 N–H and O–H groups in total. The molecule has 0 spiro atoms. The number of hydrogen-bond acceptors (Lipinski definition) is 2. The van der Waals surface area contributed by atoms with Crippen LogP contribution in [0.25, 0.3) is 45.1 Å². The molecule has 0 unspecified atom stereocenters. The Morgan fingerprint density at radius 3 is 1.19 bits per heavy atom. The Bertz CT molecular complexity index is 1710. The average molecular weight is 467 g/mol. The minimum absolute atomic E-state index is 0.00525. The van der Waals surface area contributed by atoms with E-state index in [1.807, 2.05) is 9.13 Å². The molecule has 0 saturated heterocycles. The molecule has 4 heteroatoms. The highest BCUT2D eigenvalue weighted by molar-refractivity contribution is 5.89. The van der Waals surface area contributed by atoms with Crippen LogP contribution in [0.15, 0.2) is 131 Å². The van der Waals surface area contributed by atoms with Crippen molar-refractivity contribution in [2.24, 2.45) is 0 Å². The lowest BCUT2D eigenvalue weighted by Crippen LogP contribution is -2.01.